The Labute approximate surface area is 177 Å². The van der Waals surface area contributed by atoms with Gasteiger partial charge in [0.2, 0.25) is 0 Å². The number of alkyl halides is 3. The smallest absolute Gasteiger partial charge is 0.416 e. The monoisotopic (exact) mass is 430 g/mol. The Morgan fingerprint density at radius 1 is 1.16 bits per heavy atom. The minimum atomic E-state index is -4.36. The van der Waals surface area contributed by atoms with Gasteiger partial charge < -0.3 is 20.5 Å². The fourth-order valence-electron chi connectivity index (χ4n) is 3.81. The van der Waals surface area contributed by atoms with E-state index in [9.17, 15) is 23.1 Å². The van der Waals surface area contributed by atoms with E-state index in [1.807, 2.05) is 18.2 Å². The zero-order chi connectivity index (χ0) is 22.0. The van der Waals surface area contributed by atoms with Gasteiger partial charge in [-0.3, -0.25) is 0 Å². The minimum absolute atomic E-state index is 0.124. The van der Waals surface area contributed by atoms with Crippen molar-refractivity contribution >= 4 is 5.97 Å². The van der Waals surface area contributed by atoms with E-state index in [1.165, 1.54) is 18.2 Å². The Kier molecular flexibility index (Phi) is 5.63. The lowest BCUT2D eigenvalue weighted by molar-refractivity contribution is -0.137. The molecule has 0 bridgehead atoms. The van der Waals surface area contributed by atoms with Crippen LogP contribution in [0.15, 0.2) is 66.0 Å². The summed E-state index contributed by atoms with van der Waals surface area (Å²) in [5, 5.41) is 15.6. The molecule has 162 valence electrons. The summed E-state index contributed by atoms with van der Waals surface area (Å²) in [5.74, 6) is -0.155. The van der Waals surface area contributed by atoms with Crippen LogP contribution in [0.1, 0.15) is 23.5 Å². The molecule has 1 atom stereocenters. The van der Waals surface area contributed by atoms with Crippen molar-refractivity contribution < 1.29 is 27.8 Å². The standard InChI is InChI=1S/C23H21F3N2O3/c24-23(25,26)17-4-1-14(2-5-17)15-3-6-18-16(8-10-31-21(18)11-15)12-28-20-13-27-9-7-19(20)22(29)30/h1-7,9,11,16,27-28H,8,10,12-13H2,(H,29,30). The van der Waals surface area contributed by atoms with Crippen molar-refractivity contribution in [1.29, 1.82) is 0 Å². The van der Waals surface area contributed by atoms with E-state index in [2.05, 4.69) is 10.6 Å². The highest BCUT2D eigenvalue weighted by atomic mass is 19.4. The molecular formula is C23H21F3N2O3. The van der Waals surface area contributed by atoms with E-state index in [-0.39, 0.29) is 11.5 Å². The summed E-state index contributed by atoms with van der Waals surface area (Å²) >= 11 is 0. The molecule has 3 N–H and O–H groups in total. The fourth-order valence-corrected chi connectivity index (χ4v) is 3.81. The number of aliphatic carboxylic acids is 1. The van der Waals surface area contributed by atoms with Gasteiger partial charge in [-0.15, -0.1) is 0 Å². The van der Waals surface area contributed by atoms with Crippen LogP contribution in [0.25, 0.3) is 11.1 Å². The van der Waals surface area contributed by atoms with Crippen molar-refractivity contribution in [2.75, 3.05) is 19.7 Å². The first kappa shape index (κ1) is 20.8. The van der Waals surface area contributed by atoms with Crippen molar-refractivity contribution in [2.24, 2.45) is 0 Å². The van der Waals surface area contributed by atoms with Gasteiger partial charge in [-0.2, -0.15) is 13.2 Å². The average molecular weight is 430 g/mol. The van der Waals surface area contributed by atoms with Crippen LogP contribution in [-0.4, -0.2) is 30.8 Å². The molecule has 31 heavy (non-hydrogen) atoms. The molecular weight excluding hydrogens is 409 g/mol. The minimum Gasteiger partial charge on any atom is -0.493 e. The highest BCUT2D eigenvalue weighted by Gasteiger charge is 2.30. The second-order valence-corrected chi connectivity index (χ2v) is 7.45. The van der Waals surface area contributed by atoms with Crippen LogP contribution in [0.5, 0.6) is 5.75 Å². The molecule has 2 aliphatic rings. The van der Waals surface area contributed by atoms with Gasteiger partial charge in [-0.25, -0.2) is 4.79 Å². The molecule has 0 aliphatic carbocycles. The van der Waals surface area contributed by atoms with Crippen LogP contribution in [0.3, 0.4) is 0 Å². The molecule has 2 heterocycles. The van der Waals surface area contributed by atoms with Crippen molar-refractivity contribution in [1.82, 2.24) is 10.6 Å². The van der Waals surface area contributed by atoms with E-state index in [4.69, 9.17) is 4.74 Å². The van der Waals surface area contributed by atoms with Crippen molar-refractivity contribution in [3.63, 3.8) is 0 Å². The maximum atomic E-state index is 12.8. The quantitative estimate of drug-likeness (QED) is 0.661. The van der Waals surface area contributed by atoms with Crippen molar-refractivity contribution in [3.8, 4) is 16.9 Å². The van der Waals surface area contributed by atoms with Gasteiger partial charge >= 0.3 is 12.1 Å². The van der Waals surface area contributed by atoms with Gasteiger partial charge in [0, 0.05) is 18.2 Å². The average Bonchev–Trinajstić information content (AvgIpc) is 2.77. The number of rotatable bonds is 5. The lowest BCUT2D eigenvalue weighted by Gasteiger charge is -2.28. The van der Waals surface area contributed by atoms with E-state index in [0.717, 1.165) is 29.7 Å². The molecule has 8 heteroatoms. The van der Waals surface area contributed by atoms with Gasteiger partial charge in [0.05, 0.1) is 24.3 Å². The molecule has 1 unspecified atom stereocenters. The lowest BCUT2D eigenvalue weighted by Crippen LogP contribution is -2.32. The lowest BCUT2D eigenvalue weighted by atomic mass is 9.90. The van der Waals surface area contributed by atoms with Gasteiger partial charge in [-0.05, 0) is 53.6 Å². The zero-order valence-corrected chi connectivity index (χ0v) is 16.5. The second kappa shape index (κ2) is 8.37. The Morgan fingerprint density at radius 3 is 2.61 bits per heavy atom. The second-order valence-electron chi connectivity index (χ2n) is 7.45. The number of hydrogen-bond donors (Lipinski definition) is 3. The summed E-state index contributed by atoms with van der Waals surface area (Å²) < 4.78 is 44.2. The Balaban J connectivity index is 1.52. The maximum Gasteiger partial charge on any atom is 0.416 e. The highest BCUT2D eigenvalue weighted by Crippen LogP contribution is 2.37. The summed E-state index contributed by atoms with van der Waals surface area (Å²) in [6, 6.07) is 10.7. The third kappa shape index (κ3) is 4.52. The van der Waals surface area contributed by atoms with E-state index >= 15 is 0 Å². The van der Waals surface area contributed by atoms with Gasteiger partial charge in [-0.1, -0.05) is 24.3 Å². The van der Waals surface area contributed by atoms with E-state index in [0.29, 0.717) is 36.7 Å². The number of nitrogens with one attached hydrogen (secondary N) is 2. The summed E-state index contributed by atoms with van der Waals surface area (Å²) in [4.78, 5) is 11.4. The number of dihydropyridines is 1. The molecule has 0 saturated heterocycles. The number of benzene rings is 2. The first-order valence-corrected chi connectivity index (χ1v) is 9.87. The Morgan fingerprint density at radius 2 is 1.90 bits per heavy atom. The first-order valence-electron chi connectivity index (χ1n) is 9.87. The number of halogens is 3. The largest absolute Gasteiger partial charge is 0.493 e. The number of carboxylic acid groups (broad SMARTS) is 1. The normalized spacial score (nSPS) is 18.1. The zero-order valence-electron chi connectivity index (χ0n) is 16.5. The maximum absolute atomic E-state index is 12.8. The predicted octanol–water partition coefficient (Wildman–Crippen LogP) is 4.28. The van der Waals surface area contributed by atoms with Crippen LogP contribution in [0.2, 0.25) is 0 Å². The molecule has 0 saturated carbocycles. The molecule has 0 radical (unpaired) electrons. The summed E-state index contributed by atoms with van der Waals surface area (Å²) in [6.07, 6.45) is -0.445. The topological polar surface area (TPSA) is 70.6 Å². The number of fused-ring (bicyclic) bond motifs is 1. The Hall–Kier alpha value is -3.42. The van der Waals surface area contributed by atoms with Crippen molar-refractivity contribution in [2.45, 2.75) is 18.5 Å². The number of carbonyl (C=O) groups is 1. The first-order chi connectivity index (χ1) is 14.8. The molecule has 2 aliphatic heterocycles. The van der Waals surface area contributed by atoms with Crippen LogP contribution in [0, 0.1) is 0 Å². The van der Waals surface area contributed by atoms with Crippen molar-refractivity contribution in [3.05, 3.63) is 77.1 Å². The van der Waals surface area contributed by atoms with Crippen LogP contribution >= 0.6 is 0 Å². The van der Waals surface area contributed by atoms with E-state index < -0.39 is 17.7 Å². The summed E-state index contributed by atoms with van der Waals surface area (Å²) in [7, 11) is 0. The van der Waals surface area contributed by atoms with E-state index in [1.54, 1.807) is 6.20 Å². The molecule has 0 spiro atoms. The fraction of sp³-hybridized carbons (Fsp3) is 0.261. The molecule has 0 aromatic heterocycles. The molecule has 0 amide bonds. The molecule has 0 fully saturated rings. The van der Waals surface area contributed by atoms with Gasteiger partial charge in [0.1, 0.15) is 5.75 Å². The van der Waals surface area contributed by atoms with Crippen LogP contribution in [-0.2, 0) is 11.0 Å². The number of hydrogen-bond acceptors (Lipinski definition) is 4. The molecule has 2 aromatic carbocycles. The molecule has 2 aromatic rings. The molecule has 5 nitrogen and oxygen atoms in total. The van der Waals surface area contributed by atoms with Gasteiger partial charge in [0.15, 0.2) is 0 Å². The SMILES string of the molecule is O=C(O)C1=C(NCC2CCOc3cc(-c4ccc(C(F)(F)F)cc4)ccc32)CNC=C1. The van der Waals surface area contributed by atoms with Crippen LogP contribution in [0.4, 0.5) is 13.2 Å². The van der Waals surface area contributed by atoms with Gasteiger partial charge in [0.25, 0.3) is 0 Å². The number of carboxylic acids is 1. The molecule has 4 rings (SSSR count). The third-order valence-electron chi connectivity index (χ3n) is 5.49. The van der Waals surface area contributed by atoms with Crippen LogP contribution < -0.4 is 15.4 Å². The predicted molar refractivity (Wildman–Crippen MR) is 110 cm³/mol. The summed E-state index contributed by atoms with van der Waals surface area (Å²) in [5.41, 5.74) is 2.63. The third-order valence-corrected chi connectivity index (χ3v) is 5.49. The summed E-state index contributed by atoms with van der Waals surface area (Å²) in [6.45, 7) is 1.48. The number of ether oxygens (including phenoxy) is 1. The highest BCUT2D eigenvalue weighted by molar-refractivity contribution is 5.91. The Bertz CT molecular complexity index is 1040.